The van der Waals surface area contributed by atoms with Gasteiger partial charge in [-0.15, -0.1) is 0 Å². The van der Waals surface area contributed by atoms with E-state index in [1.165, 1.54) is 6.07 Å². The normalized spacial score (nSPS) is 16.9. The lowest BCUT2D eigenvalue weighted by atomic mass is 9.95. The zero-order chi connectivity index (χ0) is 19.1. The van der Waals surface area contributed by atoms with E-state index in [-0.39, 0.29) is 23.4 Å². The number of unbranched alkanes of at least 4 members (excludes halogenated alkanes) is 1. The summed E-state index contributed by atoms with van der Waals surface area (Å²) in [5, 5.41) is 5.57. The van der Waals surface area contributed by atoms with E-state index < -0.39 is 17.7 Å². The number of benzene rings is 1. The van der Waals surface area contributed by atoms with Gasteiger partial charge in [-0.1, -0.05) is 13.3 Å². The highest BCUT2D eigenvalue weighted by Crippen LogP contribution is 2.20. The Bertz CT molecular complexity index is 631. The van der Waals surface area contributed by atoms with Gasteiger partial charge < -0.3 is 10.6 Å². The zero-order valence-corrected chi connectivity index (χ0v) is 15.4. The molecule has 0 aromatic heterocycles. The van der Waals surface area contributed by atoms with Crippen molar-refractivity contribution < 1.29 is 18.4 Å². The highest BCUT2D eigenvalue weighted by molar-refractivity contribution is 5.94. The van der Waals surface area contributed by atoms with Gasteiger partial charge in [-0.2, -0.15) is 0 Å². The van der Waals surface area contributed by atoms with Gasteiger partial charge in [0, 0.05) is 24.2 Å². The molecule has 144 valence electrons. The zero-order valence-electron chi connectivity index (χ0n) is 15.4. The van der Waals surface area contributed by atoms with E-state index in [2.05, 4.69) is 17.6 Å². The summed E-state index contributed by atoms with van der Waals surface area (Å²) < 4.78 is 26.2. The standard InChI is InChI=1S/C19H27F2N3O2/c1-3-4-9-22-19(26)14-7-10-24(11-8-14)13(2)18(25)23-15-5-6-16(20)17(21)12-15/h5-6,12-14H,3-4,7-11H2,1-2H3,(H,22,26)(H,23,25). The van der Waals surface area contributed by atoms with Crippen molar-refractivity contribution in [2.45, 2.75) is 45.6 Å². The van der Waals surface area contributed by atoms with E-state index in [0.29, 0.717) is 32.5 Å². The quantitative estimate of drug-likeness (QED) is 0.729. The first-order chi connectivity index (χ1) is 12.4. The van der Waals surface area contributed by atoms with Gasteiger partial charge >= 0.3 is 0 Å². The van der Waals surface area contributed by atoms with Crippen LogP contribution in [0.15, 0.2) is 18.2 Å². The Kier molecular flexibility index (Phi) is 7.50. The summed E-state index contributed by atoms with van der Waals surface area (Å²) in [6.07, 6.45) is 3.44. The second-order valence-corrected chi connectivity index (χ2v) is 6.75. The first-order valence-electron chi connectivity index (χ1n) is 9.20. The molecule has 1 unspecified atom stereocenters. The van der Waals surface area contributed by atoms with Crippen LogP contribution >= 0.6 is 0 Å². The molecule has 7 heteroatoms. The van der Waals surface area contributed by atoms with Crippen LogP contribution in [0.4, 0.5) is 14.5 Å². The Balaban J connectivity index is 1.81. The van der Waals surface area contributed by atoms with E-state index in [9.17, 15) is 18.4 Å². The summed E-state index contributed by atoms with van der Waals surface area (Å²) in [6, 6.07) is 2.87. The summed E-state index contributed by atoms with van der Waals surface area (Å²) in [4.78, 5) is 26.5. The number of piperidine rings is 1. The molecule has 26 heavy (non-hydrogen) atoms. The van der Waals surface area contributed by atoms with E-state index in [1.807, 2.05) is 4.90 Å². The molecule has 0 spiro atoms. The van der Waals surface area contributed by atoms with Crippen LogP contribution < -0.4 is 10.6 Å². The minimum absolute atomic E-state index is 0.00967. The molecule has 1 aliphatic heterocycles. The van der Waals surface area contributed by atoms with Gasteiger partial charge in [0.1, 0.15) is 0 Å². The fraction of sp³-hybridized carbons (Fsp3) is 0.579. The van der Waals surface area contributed by atoms with Crippen molar-refractivity contribution in [3.8, 4) is 0 Å². The summed E-state index contributed by atoms with van der Waals surface area (Å²) in [6.45, 7) is 5.87. The van der Waals surface area contributed by atoms with Crippen LogP contribution in [0, 0.1) is 17.6 Å². The van der Waals surface area contributed by atoms with Crippen molar-refractivity contribution in [2.24, 2.45) is 5.92 Å². The average Bonchev–Trinajstić information content (AvgIpc) is 2.64. The van der Waals surface area contributed by atoms with Gasteiger partial charge in [0.25, 0.3) is 0 Å². The predicted molar refractivity (Wildman–Crippen MR) is 96.7 cm³/mol. The fourth-order valence-electron chi connectivity index (χ4n) is 3.07. The van der Waals surface area contributed by atoms with Gasteiger partial charge in [-0.05, 0) is 51.4 Å². The lowest BCUT2D eigenvalue weighted by Crippen LogP contribution is -2.48. The molecule has 1 aromatic rings. The van der Waals surface area contributed by atoms with Crippen LogP contribution in [-0.4, -0.2) is 42.4 Å². The third-order valence-corrected chi connectivity index (χ3v) is 4.84. The van der Waals surface area contributed by atoms with Crippen LogP contribution in [0.2, 0.25) is 0 Å². The van der Waals surface area contributed by atoms with E-state index in [4.69, 9.17) is 0 Å². The van der Waals surface area contributed by atoms with Crippen LogP contribution in [0.1, 0.15) is 39.5 Å². The molecule has 5 nitrogen and oxygen atoms in total. The van der Waals surface area contributed by atoms with Crippen molar-refractivity contribution >= 4 is 17.5 Å². The molecule has 0 radical (unpaired) electrons. The van der Waals surface area contributed by atoms with E-state index >= 15 is 0 Å². The maximum atomic E-state index is 13.2. The van der Waals surface area contributed by atoms with Crippen LogP contribution in [0.25, 0.3) is 0 Å². The monoisotopic (exact) mass is 367 g/mol. The summed E-state index contributed by atoms with van der Waals surface area (Å²) in [5.41, 5.74) is 0.228. The van der Waals surface area contributed by atoms with Gasteiger partial charge in [-0.3, -0.25) is 14.5 Å². The van der Waals surface area contributed by atoms with E-state index in [0.717, 1.165) is 25.0 Å². The number of likely N-dealkylation sites (tertiary alicyclic amines) is 1. The maximum absolute atomic E-state index is 13.2. The Morgan fingerprint density at radius 3 is 2.54 bits per heavy atom. The predicted octanol–water partition coefficient (Wildman–Crippen LogP) is 2.92. The summed E-state index contributed by atoms with van der Waals surface area (Å²) in [7, 11) is 0. The largest absolute Gasteiger partial charge is 0.356 e. The van der Waals surface area contributed by atoms with Crippen molar-refractivity contribution in [2.75, 3.05) is 25.0 Å². The summed E-state index contributed by atoms with van der Waals surface area (Å²) in [5.74, 6) is -2.14. The van der Waals surface area contributed by atoms with E-state index in [1.54, 1.807) is 6.92 Å². The number of rotatable bonds is 7. The molecule has 0 bridgehead atoms. The molecule has 1 aliphatic rings. The number of carbonyl (C=O) groups excluding carboxylic acids is 2. The van der Waals surface area contributed by atoms with Crippen molar-refractivity contribution in [3.05, 3.63) is 29.8 Å². The number of hydrogen-bond acceptors (Lipinski definition) is 3. The summed E-state index contributed by atoms with van der Waals surface area (Å²) >= 11 is 0. The highest BCUT2D eigenvalue weighted by Gasteiger charge is 2.29. The molecule has 1 aromatic carbocycles. The van der Waals surface area contributed by atoms with Gasteiger partial charge in [0.05, 0.1) is 6.04 Å². The first-order valence-corrected chi connectivity index (χ1v) is 9.20. The molecule has 1 saturated heterocycles. The number of amides is 2. The van der Waals surface area contributed by atoms with Crippen LogP contribution in [0.3, 0.4) is 0 Å². The first kappa shape index (κ1) is 20.3. The molecule has 0 aliphatic carbocycles. The van der Waals surface area contributed by atoms with Gasteiger partial charge in [-0.25, -0.2) is 8.78 Å². The second kappa shape index (κ2) is 9.62. The lowest BCUT2D eigenvalue weighted by molar-refractivity contribution is -0.127. The minimum Gasteiger partial charge on any atom is -0.356 e. The van der Waals surface area contributed by atoms with Crippen LogP contribution in [-0.2, 0) is 9.59 Å². The molecular weight excluding hydrogens is 340 g/mol. The van der Waals surface area contributed by atoms with Crippen molar-refractivity contribution in [1.82, 2.24) is 10.2 Å². The fourth-order valence-corrected chi connectivity index (χ4v) is 3.07. The number of carbonyl (C=O) groups is 2. The maximum Gasteiger partial charge on any atom is 0.241 e. The second-order valence-electron chi connectivity index (χ2n) is 6.75. The molecule has 2 amide bonds. The van der Waals surface area contributed by atoms with Gasteiger partial charge in [0.2, 0.25) is 11.8 Å². The Morgan fingerprint density at radius 1 is 1.23 bits per heavy atom. The highest BCUT2D eigenvalue weighted by atomic mass is 19.2. The number of halogens is 2. The molecular formula is C19H27F2N3O2. The number of anilines is 1. The molecule has 2 N–H and O–H groups in total. The average molecular weight is 367 g/mol. The Morgan fingerprint density at radius 2 is 1.92 bits per heavy atom. The smallest absolute Gasteiger partial charge is 0.241 e. The van der Waals surface area contributed by atoms with Crippen molar-refractivity contribution in [3.63, 3.8) is 0 Å². The molecule has 1 atom stereocenters. The third kappa shape index (κ3) is 5.49. The van der Waals surface area contributed by atoms with Crippen LogP contribution in [0.5, 0.6) is 0 Å². The Labute approximate surface area is 153 Å². The van der Waals surface area contributed by atoms with Crippen molar-refractivity contribution in [1.29, 1.82) is 0 Å². The topological polar surface area (TPSA) is 61.4 Å². The third-order valence-electron chi connectivity index (χ3n) is 4.84. The molecule has 1 heterocycles. The molecule has 0 saturated carbocycles. The molecule has 2 rings (SSSR count). The number of nitrogens with zero attached hydrogens (tertiary/aromatic N) is 1. The molecule has 1 fully saturated rings. The number of nitrogens with one attached hydrogen (secondary N) is 2. The Hall–Kier alpha value is -2.02. The van der Waals surface area contributed by atoms with Gasteiger partial charge in [0.15, 0.2) is 11.6 Å². The minimum atomic E-state index is -0.995. The lowest BCUT2D eigenvalue weighted by Gasteiger charge is -2.34. The number of hydrogen-bond donors (Lipinski definition) is 2. The SMILES string of the molecule is CCCCNC(=O)C1CCN(C(C)C(=O)Nc2ccc(F)c(F)c2)CC1.